The van der Waals surface area contributed by atoms with Crippen LogP contribution in [0.4, 0.5) is 0 Å². The summed E-state index contributed by atoms with van der Waals surface area (Å²) in [5.41, 5.74) is 2.63. The predicted octanol–water partition coefficient (Wildman–Crippen LogP) is 3.61. The molecule has 0 aliphatic heterocycles. The van der Waals surface area contributed by atoms with E-state index in [4.69, 9.17) is 11.6 Å². The first kappa shape index (κ1) is 18.6. The lowest BCUT2D eigenvalue weighted by molar-refractivity contribution is 0.398. The molecule has 2 aromatic carbocycles. The van der Waals surface area contributed by atoms with Crippen LogP contribution in [-0.2, 0) is 10.0 Å². The van der Waals surface area contributed by atoms with Crippen molar-refractivity contribution in [2.75, 3.05) is 7.05 Å². The molecule has 0 aliphatic rings. The molecule has 3 aromatic rings. The van der Waals surface area contributed by atoms with Gasteiger partial charge >= 0.3 is 0 Å². The summed E-state index contributed by atoms with van der Waals surface area (Å²) in [4.78, 5) is 4.03. The summed E-state index contributed by atoms with van der Waals surface area (Å²) >= 11 is 6.17. The number of hydrogen-bond donors (Lipinski definition) is 0. The highest BCUT2D eigenvalue weighted by Gasteiger charge is 2.28. The van der Waals surface area contributed by atoms with Gasteiger partial charge in [-0.3, -0.25) is 0 Å². The molecule has 1 aromatic heterocycles. The van der Waals surface area contributed by atoms with Gasteiger partial charge in [-0.05, 0) is 49.2 Å². The van der Waals surface area contributed by atoms with E-state index < -0.39 is 10.0 Å². The molecule has 8 heteroatoms. The zero-order valence-corrected chi connectivity index (χ0v) is 16.2. The van der Waals surface area contributed by atoms with Crippen LogP contribution in [0.2, 0.25) is 5.02 Å². The first-order valence-corrected chi connectivity index (χ1v) is 9.81. The molecule has 0 radical (unpaired) electrons. The average Bonchev–Trinajstić information content (AvgIpc) is 3.15. The van der Waals surface area contributed by atoms with E-state index in [0.29, 0.717) is 0 Å². The number of rotatable bonds is 5. The summed E-state index contributed by atoms with van der Waals surface area (Å²) in [5, 5.41) is 4.30. The molecular weight excluding hydrogens is 372 g/mol. The van der Waals surface area contributed by atoms with Crippen LogP contribution in [0, 0.1) is 6.92 Å². The molecule has 3 rings (SSSR count). The molecule has 0 fully saturated rings. The van der Waals surface area contributed by atoms with Crippen LogP contribution < -0.4 is 0 Å². The van der Waals surface area contributed by atoms with Crippen LogP contribution in [-0.4, -0.2) is 34.5 Å². The Morgan fingerprint density at radius 1 is 1.15 bits per heavy atom. The lowest BCUT2D eigenvalue weighted by Gasteiger charge is -2.25. The quantitative estimate of drug-likeness (QED) is 0.667. The SMILES string of the molecule is Cc1ccc(S(=O)(=O)N(C)C(C)c2ccc(-n3cncn3)cc2)c(Cl)c1. The fraction of sp³-hybridized carbons (Fsp3) is 0.222. The molecule has 0 saturated carbocycles. The maximum absolute atomic E-state index is 13.0. The van der Waals surface area contributed by atoms with Gasteiger partial charge in [0.2, 0.25) is 10.0 Å². The summed E-state index contributed by atoms with van der Waals surface area (Å²) in [6.45, 7) is 3.70. The van der Waals surface area contributed by atoms with E-state index in [-0.39, 0.29) is 16.0 Å². The van der Waals surface area contributed by atoms with Crippen molar-refractivity contribution in [3.05, 3.63) is 71.3 Å². The highest BCUT2D eigenvalue weighted by atomic mass is 35.5. The lowest BCUT2D eigenvalue weighted by atomic mass is 10.1. The van der Waals surface area contributed by atoms with E-state index in [2.05, 4.69) is 10.1 Å². The second kappa shape index (κ2) is 7.19. The highest BCUT2D eigenvalue weighted by molar-refractivity contribution is 7.89. The second-order valence-electron chi connectivity index (χ2n) is 6.06. The fourth-order valence-corrected chi connectivity index (χ4v) is 4.56. The van der Waals surface area contributed by atoms with Gasteiger partial charge in [0.1, 0.15) is 17.6 Å². The van der Waals surface area contributed by atoms with Gasteiger partial charge in [0, 0.05) is 13.1 Å². The molecule has 0 saturated heterocycles. The van der Waals surface area contributed by atoms with Crippen LogP contribution in [0.15, 0.2) is 60.0 Å². The Morgan fingerprint density at radius 3 is 2.42 bits per heavy atom. The minimum absolute atomic E-state index is 0.110. The summed E-state index contributed by atoms with van der Waals surface area (Å²) in [5.74, 6) is 0. The van der Waals surface area contributed by atoms with Gasteiger partial charge in [-0.1, -0.05) is 29.8 Å². The van der Waals surface area contributed by atoms with Crippen molar-refractivity contribution in [1.82, 2.24) is 19.1 Å². The molecular formula is C18H19ClN4O2S. The van der Waals surface area contributed by atoms with Crippen LogP contribution in [0.1, 0.15) is 24.1 Å². The molecule has 6 nitrogen and oxygen atoms in total. The van der Waals surface area contributed by atoms with Gasteiger partial charge in [-0.2, -0.15) is 9.40 Å². The number of aryl methyl sites for hydroxylation is 1. The van der Waals surface area contributed by atoms with Gasteiger partial charge in [-0.25, -0.2) is 18.1 Å². The Balaban J connectivity index is 1.87. The number of aromatic nitrogens is 3. The topological polar surface area (TPSA) is 68.1 Å². The van der Waals surface area contributed by atoms with E-state index in [1.807, 2.05) is 38.1 Å². The molecule has 1 unspecified atom stereocenters. The van der Waals surface area contributed by atoms with Gasteiger partial charge in [-0.15, -0.1) is 0 Å². The van der Waals surface area contributed by atoms with E-state index in [9.17, 15) is 8.42 Å². The average molecular weight is 391 g/mol. The molecule has 1 atom stereocenters. The summed E-state index contributed by atoms with van der Waals surface area (Å²) in [7, 11) is -2.16. The van der Waals surface area contributed by atoms with Crippen LogP contribution in [0.25, 0.3) is 5.69 Å². The van der Waals surface area contributed by atoms with Crippen molar-refractivity contribution < 1.29 is 8.42 Å². The molecule has 26 heavy (non-hydrogen) atoms. The molecule has 1 heterocycles. The van der Waals surface area contributed by atoms with Crippen LogP contribution >= 0.6 is 11.6 Å². The second-order valence-corrected chi connectivity index (χ2v) is 8.44. The van der Waals surface area contributed by atoms with E-state index in [1.165, 1.54) is 10.6 Å². The first-order chi connectivity index (χ1) is 12.3. The third kappa shape index (κ3) is 3.51. The van der Waals surface area contributed by atoms with Crippen molar-refractivity contribution in [2.24, 2.45) is 0 Å². The number of nitrogens with zero attached hydrogens (tertiary/aromatic N) is 4. The van der Waals surface area contributed by atoms with Gasteiger partial charge in [0.05, 0.1) is 10.7 Å². The third-order valence-corrected chi connectivity index (χ3v) is 6.76. The van der Waals surface area contributed by atoms with Crippen molar-refractivity contribution in [3.63, 3.8) is 0 Å². The Labute approximate surface area is 158 Å². The zero-order valence-electron chi connectivity index (χ0n) is 14.7. The first-order valence-electron chi connectivity index (χ1n) is 8.00. The number of sulfonamides is 1. The van der Waals surface area contributed by atoms with Crippen molar-refractivity contribution in [3.8, 4) is 5.69 Å². The summed E-state index contributed by atoms with van der Waals surface area (Å²) in [6, 6.07) is 12.1. The third-order valence-electron chi connectivity index (χ3n) is 4.35. The van der Waals surface area contributed by atoms with Crippen molar-refractivity contribution in [1.29, 1.82) is 0 Å². The lowest BCUT2D eigenvalue weighted by Crippen LogP contribution is -2.30. The number of halogens is 1. The highest BCUT2D eigenvalue weighted by Crippen LogP contribution is 2.30. The summed E-state index contributed by atoms with van der Waals surface area (Å²) in [6.07, 6.45) is 3.07. The normalized spacial score (nSPS) is 13.1. The Morgan fingerprint density at radius 2 is 1.85 bits per heavy atom. The number of benzene rings is 2. The molecule has 0 N–H and O–H groups in total. The predicted molar refractivity (Wildman–Crippen MR) is 101 cm³/mol. The molecule has 0 amide bonds. The van der Waals surface area contributed by atoms with Crippen LogP contribution in [0.3, 0.4) is 0 Å². The number of hydrogen-bond acceptors (Lipinski definition) is 4. The van der Waals surface area contributed by atoms with E-state index in [0.717, 1.165) is 16.8 Å². The maximum Gasteiger partial charge on any atom is 0.244 e. The monoisotopic (exact) mass is 390 g/mol. The minimum atomic E-state index is -3.71. The Hall–Kier alpha value is -2.22. The van der Waals surface area contributed by atoms with Gasteiger partial charge in [0.25, 0.3) is 0 Å². The van der Waals surface area contributed by atoms with Gasteiger partial charge < -0.3 is 0 Å². The van der Waals surface area contributed by atoms with E-state index in [1.54, 1.807) is 36.3 Å². The van der Waals surface area contributed by atoms with Crippen molar-refractivity contribution in [2.45, 2.75) is 24.8 Å². The molecule has 0 aliphatic carbocycles. The van der Waals surface area contributed by atoms with Gasteiger partial charge in [0.15, 0.2) is 0 Å². The smallest absolute Gasteiger partial charge is 0.223 e. The summed E-state index contributed by atoms with van der Waals surface area (Å²) < 4.78 is 28.9. The van der Waals surface area contributed by atoms with E-state index >= 15 is 0 Å². The maximum atomic E-state index is 13.0. The molecule has 0 spiro atoms. The minimum Gasteiger partial charge on any atom is -0.223 e. The van der Waals surface area contributed by atoms with Crippen LogP contribution in [0.5, 0.6) is 0 Å². The Kier molecular flexibility index (Phi) is 5.13. The standard InChI is InChI=1S/C18H19ClN4O2S/c1-13-4-9-18(17(19)10-13)26(24,25)22(3)14(2)15-5-7-16(8-6-15)23-12-20-11-21-23/h4-12,14H,1-3H3. The molecule has 136 valence electrons. The zero-order chi connectivity index (χ0) is 18.9. The molecule has 0 bridgehead atoms. The van der Waals surface area contributed by atoms with Crippen molar-refractivity contribution >= 4 is 21.6 Å². The Bertz CT molecular complexity index is 1000. The largest absolute Gasteiger partial charge is 0.244 e. The fourth-order valence-electron chi connectivity index (χ4n) is 2.64.